The molecule has 0 fully saturated rings. The number of anilines is 3. The highest BCUT2D eigenvalue weighted by molar-refractivity contribution is 5.97. The molecule has 4 rings (SSSR count). The molecule has 6 N–H and O–H groups in total. The molecular formula is C33H37N3O6. The number of carbonyl (C=O) groups is 3. The maximum atomic E-state index is 12.0. The van der Waals surface area contributed by atoms with E-state index in [1.165, 1.54) is 21.3 Å². The lowest BCUT2D eigenvalue weighted by Gasteiger charge is -2.16. The van der Waals surface area contributed by atoms with Gasteiger partial charge in [-0.3, -0.25) is 0 Å². The monoisotopic (exact) mass is 571 g/mol. The molecule has 0 amide bonds. The molecule has 4 aromatic carbocycles. The van der Waals surface area contributed by atoms with Crippen LogP contribution in [0, 0.1) is 0 Å². The van der Waals surface area contributed by atoms with Gasteiger partial charge in [0.25, 0.3) is 0 Å². The molecule has 0 aliphatic heterocycles. The second-order valence-electron chi connectivity index (χ2n) is 8.68. The van der Waals surface area contributed by atoms with Crippen molar-refractivity contribution in [2.45, 2.75) is 21.3 Å². The predicted octanol–water partition coefficient (Wildman–Crippen LogP) is 6.46. The minimum atomic E-state index is -0.500. The molecule has 9 nitrogen and oxygen atoms in total. The van der Waals surface area contributed by atoms with Crippen molar-refractivity contribution in [1.82, 2.24) is 0 Å². The van der Waals surface area contributed by atoms with E-state index in [4.69, 9.17) is 31.4 Å². The lowest BCUT2D eigenvalue weighted by Crippen LogP contribution is -2.04. The maximum Gasteiger partial charge on any atom is 0.337 e. The molecule has 42 heavy (non-hydrogen) atoms. The molecule has 0 aromatic heterocycles. The highest BCUT2D eigenvalue weighted by atomic mass is 16.5. The van der Waals surface area contributed by atoms with Gasteiger partial charge in [0.05, 0.1) is 38.0 Å². The molecular weight excluding hydrogens is 534 g/mol. The Morgan fingerprint density at radius 1 is 0.476 bits per heavy atom. The molecule has 0 radical (unpaired) electrons. The zero-order chi connectivity index (χ0) is 30.3. The van der Waals surface area contributed by atoms with E-state index in [1.54, 1.807) is 54.6 Å². The minimum Gasteiger partial charge on any atom is -0.465 e. The zero-order valence-electron chi connectivity index (χ0n) is 23.6. The summed E-state index contributed by atoms with van der Waals surface area (Å²) >= 11 is 0. The van der Waals surface area contributed by atoms with Crippen LogP contribution < -0.4 is 17.2 Å². The molecule has 220 valence electrons. The van der Waals surface area contributed by atoms with Gasteiger partial charge in [-0.15, -0.1) is 0 Å². The molecule has 0 aliphatic rings. The fourth-order valence-corrected chi connectivity index (χ4v) is 4.31. The number of benzene rings is 4. The Morgan fingerprint density at radius 2 is 0.714 bits per heavy atom. The fraction of sp³-hybridized carbons (Fsp3) is 0.182. The first-order valence-electron chi connectivity index (χ1n) is 12.8. The largest absolute Gasteiger partial charge is 0.465 e. The van der Waals surface area contributed by atoms with Gasteiger partial charge < -0.3 is 31.4 Å². The fourth-order valence-electron chi connectivity index (χ4n) is 4.31. The third kappa shape index (κ3) is 6.87. The maximum absolute atomic E-state index is 12.0. The topological polar surface area (TPSA) is 157 Å². The van der Waals surface area contributed by atoms with Crippen LogP contribution in [0.15, 0.2) is 72.8 Å². The number of carbonyl (C=O) groups excluding carboxylic acids is 3. The molecule has 4 aromatic rings. The molecule has 0 bridgehead atoms. The van der Waals surface area contributed by atoms with Crippen molar-refractivity contribution in [2.75, 3.05) is 38.5 Å². The molecule has 0 unspecified atom stereocenters. The Bertz CT molecular complexity index is 1410. The summed E-state index contributed by atoms with van der Waals surface area (Å²) in [5.74, 6) is -1.50. The Balaban J connectivity index is 0.00000201. The third-order valence-electron chi connectivity index (χ3n) is 6.28. The van der Waals surface area contributed by atoms with E-state index in [0.29, 0.717) is 50.4 Å². The summed E-state index contributed by atoms with van der Waals surface area (Å²) in [6.07, 6.45) is 0. The molecule has 0 saturated carbocycles. The van der Waals surface area contributed by atoms with Gasteiger partial charge in [-0.25, -0.2) is 14.4 Å². The summed E-state index contributed by atoms with van der Waals surface area (Å²) in [6.45, 7) is 4.00. The van der Waals surface area contributed by atoms with E-state index in [9.17, 15) is 14.4 Å². The molecule has 0 spiro atoms. The number of nitrogen functional groups attached to an aromatic ring is 3. The van der Waals surface area contributed by atoms with Crippen molar-refractivity contribution in [3.05, 3.63) is 89.5 Å². The van der Waals surface area contributed by atoms with E-state index in [-0.39, 0.29) is 7.43 Å². The molecule has 0 saturated heterocycles. The molecule has 0 aliphatic carbocycles. The Kier molecular flexibility index (Phi) is 11.2. The lowest BCUT2D eigenvalue weighted by atomic mass is 9.90. The van der Waals surface area contributed by atoms with E-state index in [1.807, 2.05) is 32.0 Å². The van der Waals surface area contributed by atoms with Gasteiger partial charge in [0.15, 0.2) is 0 Å². The second kappa shape index (κ2) is 14.4. The van der Waals surface area contributed by atoms with Gasteiger partial charge in [0.1, 0.15) is 0 Å². The van der Waals surface area contributed by atoms with Crippen molar-refractivity contribution in [3.63, 3.8) is 0 Å². The quantitative estimate of drug-likeness (QED) is 0.134. The summed E-state index contributed by atoms with van der Waals surface area (Å²) in [6, 6.07) is 20.4. The SMILES string of the molecule is C.CC.COC(=O)c1ccc(-c2cc(-c3ccc(C(=O)OC)cc3N)cc(-c3ccc(C(=O)OC)cc3N)c2)c(N)c1. The number of ether oxygens (including phenoxy) is 3. The van der Waals surface area contributed by atoms with Gasteiger partial charge in [0.2, 0.25) is 0 Å². The highest BCUT2D eigenvalue weighted by Crippen LogP contribution is 2.39. The van der Waals surface area contributed by atoms with Crippen molar-refractivity contribution >= 4 is 35.0 Å². The van der Waals surface area contributed by atoms with E-state index in [2.05, 4.69) is 0 Å². The molecule has 9 heteroatoms. The van der Waals surface area contributed by atoms with Gasteiger partial charge >= 0.3 is 17.9 Å². The van der Waals surface area contributed by atoms with Crippen LogP contribution >= 0.6 is 0 Å². The first kappa shape index (κ1) is 32.9. The number of nitrogens with two attached hydrogens (primary N) is 3. The van der Waals surface area contributed by atoms with E-state index < -0.39 is 17.9 Å². The second-order valence-corrected chi connectivity index (χ2v) is 8.68. The van der Waals surface area contributed by atoms with Crippen LogP contribution in [0.5, 0.6) is 0 Å². The average Bonchev–Trinajstić information content (AvgIpc) is 3.00. The van der Waals surface area contributed by atoms with Gasteiger partial charge in [0, 0.05) is 33.8 Å². The minimum absolute atomic E-state index is 0. The number of esters is 3. The van der Waals surface area contributed by atoms with Crippen LogP contribution in [0.2, 0.25) is 0 Å². The Morgan fingerprint density at radius 3 is 0.905 bits per heavy atom. The summed E-state index contributed by atoms with van der Waals surface area (Å²) in [7, 11) is 3.90. The summed E-state index contributed by atoms with van der Waals surface area (Å²) in [4.78, 5) is 36.0. The number of hydrogen-bond donors (Lipinski definition) is 3. The average molecular weight is 572 g/mol. The van der Waals surface area contributed by atoms with Crippen LogP contribution in [0.25, 0.3) is 33.4 Å². The van der Waals surface area contributed by atoms with Crippen LogP contribution in [0.1, 0.15) is 52.3 Å². The normalized spacial score (nSPS) is 9.93. The Hall–Kier alpha value is -5.31. The highest BCUT2D eigenvalue weighted by Gasteiger charge is 2.16. The van der Waals surface area contributed by atoms with Crippen LogP contribution in [-0.2, 0) is 14.2 Å². The third-order valence-corrected chi connectivity index (χ3v) is 6.28. The standard InChI is InChI=1S/C30H27N3O6.C2H6.CH4/c1-37-28(34)16-4-7-22(25(31)13-16)19-10-20(23-8-5-17(14-26(23)32)29(35)38-2)12-21(11-19)24-9-6-18(15-27(24)33)30(36)39-3;1-2;/h4-15H,31-33H2,1-3H3;1-2H3;1H4. The molecule has 0 atom stereocenters. The number of hydrogen-bond acceptors (Lipinski definition) is 9. The number of methoxy groups -OCH3 is 3. The van der Waals surface area contributed by atoms with Crippen molar-refractivity contribution in [1.29, 1.82) is 0 Å². The summed E-state index contributed by atoms with van der Waals surface area (Å²) in [5.41, 5.74) is 25.3. The van der Waals surface area contributed by atoms with Gasteiger partial charge in [-0.2, -0.15) is 0 Å². The first-order valence-corrected chi connectivity index (χ1v) is 12.8. The Labute approximate surface area is 246 Å². The number of rotatable bonds is 6. The van der Waals surface area contributed by atoms with Crippen LogP contribution in [-0.4, -0.2) is 39.2 Å². The van der Waals surface area contributed by atoms with Gasteiger partial charge in [-0.1, -0.05) is 39.5 Å². The summed E-state index contributed by atoms with van der Waals surface area (Å²) in [5, 5.41) is 0. The van der Waals surface area contributed by atoms with E-state index in [0.717, 1.165) is 16.7 Å². The lowest BCUT2D eigenvalue weighted by molar-refractivity contribution is 0.0592. The van der Waals surface area contributed by atoms with Crippen molar-refractivity contribution < 1.29 is 28.6 Å². The predicted molar refractivity (Wildman–Crippen MR) is 168 cm³/mol. The summed E-state index contributed by atoms with van der Waals surface area (Å²) < 4.78 is 14.4. The van der Waals surface area contributed by atoms with Crippen molar-refractivity contribution in [3.8, 4) is 33.4 Å². The first-order chi connectivity index (χ1) is 19.7. The zero-order valence-corrected chi connectivity index (χ0v) is 23.6. The van der Waals surface area contributed by atoms with Gasteiger partial charge in [-0.05, 0) is 71.3 Å². The van der Waals surface area contributed by atoms with Crippen LogP contribution in [0.3, 0.4) is 0 Å². The van der Waals surface area contributed by atoms with E-state index >= 15 is 0 Å². The van der Waals surface area contributed by atoms with Crippen LogP contribution in [0.4, 0.5) is 17.1 Å². The van der Waals surface area contributed by atoms with Crippen molar-refractivity contribution in [2.24, 2.45) is 0 Å². The smallest absolute Gasteiger partial charge is 0.337 e. The molecule has 0 heterocycles.